The van der Waals surface area contributed by atoms with E-state index in [2.05, 4.69) is 0 Å². The Kier molecular flexibility index (Phi) is 7.02. The van der Waals surface area contributed by atoms with Gasteiger partial charge >= 0.3 is 5.97 Å². The highest BCUT2D eigenvalue weighted by Crippen LogP contribution is 2.31. The molecule has 2 unspecified atom stereocenters. The third-order valence-electron chi connectivity index (χ3n) is 4.08. The fraction of sp³-hybridized carbons (Fsp3) is 0.611. The van der Waals surface area contributed by atoms with E-state index in [4.69, 9.17) is 23.7 Å². The van der Waals surface area contributed by atoms with E-state index in [9.17, 15) is 4.79 Å². The number of ether oxygens (including phenoxy) is 5. The van der Waals surface area contributed by atoms with Crippen molar-refractivity contribution in [1.82, 2.24) is 0 Å². The van der Waals surface area contributed by atoms with Crippen molar-refractivity contribution < 1.29 is 28.5 Å². The van der Waals surface area contributed by atoms with E-state index < -0.39 is 5.79 Å². The normalized spacial score (nSPS) is 23.7. The Morgan fingerprint density at radius 3 is 2.67 bits per heavy atom. The summed E-state index contributed by atoms with van der Waals surface area (Å²) < 4.78 is 27.4. The topological polar surface area (TPSA) is 63.2 Å². The summed E-state index contributed by atoms with van der Waals surface area (Å²) in [4.78, 5) is 11.8. The first-order valence-electron chi connectivity index (χ1n) is 8.20. The van der Waals surface area contributed by atoms with Crippen molar-refractivity contribution in [3.8, 4) is 5.75 Å². The summed E-state index contributed by atoms with van der Waals surface area (Å²) in [7, 11) is 3.19. The van der Waals surface area contributed by atoms with E-state index in [-0.39, 0.29) is 18.5 Å². The van der Waals surface area contributed by atoms with Gasteiger partial charge in [0.25, 0.3) is 0 Å². The second kappa shape index (κ2) is 9.01. The average Bonchev–Trinajstić information content (AvgIpc) is 2.61. The molecule has 134 valence electrons. The van der Waals surface area contributed by atoms with Gasteiger partial charge in [-0.3, -0.25) is 4.79 Å². The summed E-state index contributed by atoms with van der Waals surface area (Å²) in [5, 5.41) is 0. The monoisotopic (exact) mass is 338 g/mol. The summed E-state index contributed by atoms with van der Waals surface area (Å²) in [6.45, 7) is 3.10. The number of rotatable bonds is 8. The third-order valence-corrected chi connectivity index (χ3v) is 4.08. The molecule has 1 saturated heterocycles. The van der Waals surface area contributed by atoms with Crippen molar-refractivity contribution in [3.63, 3.8) is 0 Å². The Labute approximate surface area is 143 Å². The Morgan fingerprint density at radius 2 is 2.04 bits per heavy atom. The number of carbonyl (C=O) groups is 1. The van der Waals surface area contributed by atoms with Gasteiger partial charge in [-0.2, -0.15) is 0 Å². The van der Waals surface area contributed by atoms with Crippen LogP contribution in [0.5, 0.6) is 5.75 Å². The van der Waals surface area contributed by atoms with E-state index >= 15 is 0 Å². The van der Waals surface area contributed by atoms with Crippen LogP contribution in [-0.4, -0.2) is 45.3 Å². The van der Waals surface area contributed by atoms with E-state index in [1.165, 1.54) is 0 Å². The Morgan fingerprint density at radius 1 is 1.29 bits per heavy atom. The number of esters is 1. The van der Waals surface area contributed by atoms with Crippen LogP contribution < -0.4 is 4.74 Å². The molecule has 1 aliphatic rings. The number of hydrogen-bond donors (Lipinski definition) is 0. The van der Waals surface area contributed by atoms with Gasteiger partial charge in [0.1, 0.15) is 5.75 Å². The van der Waals surface area contributed by atoms with Gasteiger partial charge < -0.3 is 23.7 Å². The maximum atomic E-state index is 11.8. The standard InChI is InChI=1S/C18H26O6/c1-4-22-17(19)12-18(21-3)11-16(9-10-24-18)23-13-14-5-7-15(20-2)8-6-14/h5-8,16H,4,9-13H2,1-3H3. The second-order valence-corrected chi connectivity index (χ2v) is 5.72. The highest BCUT2D eigenvalue weighted by atomic mass is 16.7. The molecule has 0 spiro atoms. The summed E-state index contributed by atoms with van der Waals surface area (Å²) in [5.74, 6) is -0.470. The van der Waals surface area contributed by atoms with Gasteiger partial charge in [0.2, 0.25) is 0 Å². The second-order valence-electron chi connectivity index (χ2n) is 5.72. The molecule has 2 atom stereocenters. The fourth-order valence-corrected chi connectivity index (χ4v) is 2.73. The summed E-state index contributed by atoms with van der Waals surface area (Å²) in [5.41, 5.74) is 1.07. The van der Waals surface area contributed by atoms with Crippen LogP contribution in [0.15, 0.2) is 24.3 Å². The zero-order chi connectivity index (χ0) is 17.4. The van der Waals surface area contributed by atoms with Gasteiger partial charge in [0.15, 0.2) is 5.79 Å². The lowest BCUT2D eigenvalue weighted by Crippen LogP contribution is -2.46. The van der Waals surface area contributed by atoms with E-state index in [0.29, 0.717) is 26.2 Å². The minimum Gasteiger partial charge on any atom is -0.497 e. The molecular weight excluding hydrogens is 312 g/mol. The van der Waals surface area contributed by atoms with Gasteiger partial charge in [-0.05, 0) is 31.0 Å². The quantitative estimate of drug-likeness (QED) is 0.679. The summed E-state index contributed by atoms with van der Waals surface area (Å²) >= 11 is 0. The first-order valence-corrected chi connectivity index (χ1v) is 8.20. The fourth-order valence-electron chi connectivity index (χ4n) is 2.73. The molecule has 2 rings (SSSR count). The molecular formula is C18H26O6. The van der Waals surface area contributed by atoms with Crippen molar-refractivity contribution >= 4 is 5.97 Å². The molecule has 0 saturated carbocycles. The van der Waals surface area contributed by atoms with Crippen molar-refractivity contribution in [2.45, 2.75) is 44.7 Å². The largest absolute Gasteiger partial charge is 0.497 e. The first-order chi connectivity index (χ1) is 11.6. The molecule has 0 radical (unpaired) electrons. The van der Waals surface area contributed by atoms with Gasteiger partial charge in [-0.25, -0.2) is 0 Å². The predicted molar refractivity (Wildman–Crippen MR) is 87.7 cm³/mol. The highest BCUT2D eigenvalue weighted by Gasteiger charge is 2.40. The van der Waals surface area contributed by atoms with Crippen LogP contribution in [0.25, 0.3) is 0 Å². The van der Waals surface area contributed by atoms with Crippen molar-refractivity contribution in [2.75, 3.05) is 27.4 Å². The number of hydrogen-bond acceptors (Lipinski definition) is 6. The van der Waals surface area contributed by atoms with Crippen LogP contribution in [0.1, 0.15) is 31.7 Å². The first kappa shape index (κ1) is 18.7. The molecule has 0 N–H and O–H groups in total. The number of methoxy groups -OCH3 is 2. The van der Waals surface area contributed by atoms with E-state index in [1.54, 1.807) is 21.1 Å². The Hall–Kier alpha value is -1.63. The molecule has 0 amide bonds. The highest BCUT2D eigenvalue weighted by molar-refractivity contribution is 5.70. The van der Waals surface area contributed by atoms with Crippen LogP contribution >= 0.6 is 0 Å². The minimum atomic E-state index is -0.963. The van der Waals surface area contributed by atoms with Crippen LogP contribution in [0.2, 0.25) is 0 Å². The SMILES string of the molecule is CCOC(=O)CC1(OC)CC(OCc2ccc(OC)cc2)CCO1. The molecule has 1 fully saturated rings. The van der Waals surface area contributed by atoms with E-state index in [0.717, 1.165) is 17.7 Å². The molecule has 1 aliphatic heterocycles. The molecule has 24 heavy (non-hydrogen) atoms. The zero-order valence-electron chi connectivity index (χ0n) is 14.6. The molecule has 0 bridgehead atoms. The van der Waals surface area contributed by atoms with Crippen LogP contribution in [0.4, 0.5) is 0 Å². The lowest BCUT2D eigenvalue weighted by molar-refractivity contribution is -0.267. The van der Waals surface area contributed by atoms with Crippen molar-refractivity contribution in [2.24, 2.45) is 0 Å². The number of carbonyl (C=O) groups excluding carboxylic acids is 1. The van der Waals surface area contributed by atoms with Gasteiger partial charge in [-0.15, -0.1) is 0 Å². The zero-order valence-corrected chi connectivity index (χ0v) is 14.6. The van der Waals surface area contributed by atoms with Crippen LogP contribution in [0.3, 0.4) is 0 Å². The number of benzene rings is 1. The predicted octanol–water partition coefficient (Wildman–Crippen LogP) is 2.69. The lowest BCUT2D eigenvalue weighted by Gasteiger charge is -2.38. The molecule has 6 heteroatoms. The van der Waals surface area contributed by atoms with Gasteiger partial charge in [0, 0.05) is 13.5 Å². The average molecular weight is 338 g/mol. The molecule has 1 aromatic rings. The molecule has 6 nitrogen and oxygen atoms in total. The van der Waals surface area contributed by atoms with Crippen LogP contribution in [-0.2, 0) is 30.3 Å². The summed E-state index contributed by atoms with van der Waals surface area (Å²) in [6, 6.07) is 7.76. The smallest absolute Gasteiger partial charge is 0.311 e. The minimum absolute atomic E-state index is 0.0322. The third kappa shape index (κ3) is 5.19. The molecule has 1 heterocycles. The molecule has 0 aliphatic carbocycles. The maximum absolute atomic E-state index is 11.8. The van der Waals surface area contributed by atoms with Gasteiger partial charge in [-0.1, -0.05) is 12.1 Å². The van der Waals surface area contributed by atoms with Crippen molar-refractivity contribution in [3.05, 3.63) is 29.8 Å². The van der Waals surface area contributed by atoms with Crippen LogP contribution in [0, 0.1) is 0 Å². The maximum Gasteiger partial charge on any atom is 0.311 e. The van der Waals surface area contributed by atoms with E-state index in [1.807, 2.05) is 24.3 Å². The summed E-state index contributed by atoms with van der Waals surface area (Å²) in [6.07, 6.45) is 1.30. The van der Waals surface area contributed by atoms with Gasteiger partial charge in [0.05, 0.1) is 39.5 Å². The molecule has 1 aromatic carbocycles. The Balaban J connectivity index is 1.89. The lowest BCUT2D eigenvalue weighted by atomic mass is 9.99. The van der Waals surface area contributed by atoms with Crippen molar-refractivity contribution in [1.29, 1.82) is 0 Å². The Bertz CT molecular complexity index is 515. The molecule has 0 aromatic heterocycles.